The first kappa shape index (κ1) is 26.0. The second-order valence-corrected chi connectivity index (χ2v) is 11.3. The zero-order chi connectivity index (χ0) is 26.6. The number of rotatable bonds is 8. The average Bonchev–Trinajstić information content (AvgIpc) is 3.52. The van der Waals surface area contributed by atoms with Gasteiger partial charge in [-0.05, 0) is 79.9 Å². The maximum absolute atomic E-state index is 11.8. The molecule has 0 atom stereocenters. The SMILES string of the molecule is CC(=O)c1ccc(-c2nc(N)ccc2CNCC2CCN(c3nccc(C=C4SC(=O)NC4=O)n3)CC2)s1. The van der Waals surface area contributed by atoms with Gasteiger partial charge in [-0.25, -0.2) is 15.0 Å². The van der Waals surface area contributed by atoms with Crippen LogP contribution in [0.2, 0.25) is 0 Å². The third kappa shape index (κ3) is 6.09. The van der Waals surface area contributed by atoms with E-state index < -0.39 is 5.91 Å². The third-order valence-corrected chi connectivity index (χ3v) is 8.42. The van der Waals surface area contributed by atoms with E-state index in [1.54, 1.807) is 31.3 Å². The van der Waals surface area contributed by atoms with Crippen LogP contribution in [-0.2, 0) is 11.3 Å². The lowest BCUT2D eigenvalue weighted by molar-refractivity contribution is -0.115. The second kappa shape index (κ2) is 11.4. The molecule has 0 aliphatic carbocycles. The minimum absolute atomic E-state index is 0.0435. The highest BCUT2D eigenvalue weighted by Gasteiger charge is 2.26. The Labute approximate surface area is 228 Å². The lowest BCUT2D eigenvalue weighted by atomic mass is 9.97. The second-order valence-electron chi connectivity index (χ2n) is 9.16. The number of imide groups is 1. The van der Waals surface area contributed by atoms with Gasteiger partial charge in [0.1, 0.15) is 5.82 Å². The molecule has 5 heterocycles. The Bertz CT molecular complexity index is 1410. The molecule has 2 amide bonds. The van der Waals surface area contributed by atoms with Crippen molar-refractivity contribution in [3.05, 3.63) is 57.6 Å². The van der Waals surface area contributed by atoms with Gasteiger partial charge in [-0.3, -0.25) is 19.7 Å². The lowest BCUT2D eigenvalue weighted by Gasteiger charge is -2.32. The number of nitrogens with one attached hydrogen (secondary N) is 2. The predicted molar refractivity (Wildman–Crippen MR) is 150 cm³/mol. The minimum atomic E-state index is -0.397. The van der Waals surface area contributed by atoms with Crippen LogP contribution in [0.3, 0.4) is 0 Å². The van der Waals surface area contributed by atoms with Crippen LogP contribution < -0.4 is 21.3 Å². The smallest absolute Gasteiger partial charge is 0.290 e. The monoisotopic (exact) mass is 549 g/mol. The average molecular weight is 550 g/mol. The van der Waals surface area contributed by atoms with Gasteiger partial charge in [-0.1, -0.05) is 6.07 Å². The highest BCUT2D eigenvalue weighted by Crippen LogP contribution is 2.31. The number of aromatic nitrogens is 3. The van der Waals surface area contributed by atoms with Crippen molar-refractivity contribution in [2.45, 2.75) is 26.3 Å². The van der Waals surface area contributed by atoms with Crippen LogP contribution in [0.4, 0.5) is 16.6 Å². The van der Waals surface area contributed by atoms with Gasteiger partial charge >= 0.3 is 0 Å². The fourth-order valence-corrected chi connectivity index (χ4v) is 6.00. The van der Waals surface area contributed by atoms with Crippen molar-refractivity contribution in [1.29, 1.82) is 0 Å². The summed E-state index contributed by atoms with van der Waals surface area (Å²) in [7, 11) is 0. The molecule has 0 unspecified atom stereocenters. The number of nitrogens with two attached hydrogens (primary N) is 1. The maximum atomic E-state index is 11.8. The summed E-state index contributed by atoms with van der Waals surface area (Å²) in [5, 5.41) is 5.45. The number of piperidine rings is 1. The number of hydrogen-bond donors (Lipinski definition) is 3. The maximum Gasteiger partial charge on any atom is 0.290 e. The number of nitrogens with zero attached hydrogens (tertiary/aromatic N) is 4. The number of thiophene rings is 1. The standard InChI is InChI=1S/C26H27N7O3S2/c1-15(34)19-3-4-20(37-19)23-17(2-5-22(27)31-23)14-28-13-16-7-10-33(11-8-16)25-29-9-6-18(30-25)12-21-24(35)32-26(36)38-21/h2-6,9,12,16,28H,7-8,10-11,13-14H2,1H3,(H2,27,31)(H,32,35,36). The van der Waals surface area contributed by atoms with Crippen LogP contribution in [0.15, 0.2) is 41.4 Å². The number of nitrogen functional groups attached to an aromatic ring is 1. The van der Waals surface area contributed by atoms with Gasteiger partial charge in [0, 0.05) is 25.8 Å². The first-order chi connectivity index (χ1) is 18.4. The van der Waals surface area contributed by atoms with Gasteiger partial charge in [0.2, 0.25) is 5.95 Å². The van der Waals surface area contributed by atoms with E-state index in [-0.39, 0.29) is 11.0 Å². The fraction of sp³-hybridized carbons (Fsp3) is 0.308. The Balaban J connectivity index is 1.15. The molecule has 2 aliphatic heterocycles. The molecule has 0 aromatic carbocycles. The quantitative estimate of drug-likeness (QED) is 0.281. The minimum Gasteiger partial charge on any atom is -0.384 e. The molecular formula is C26H27N7O3S2. The molecule has 38 heavy (non-hydrogen) atoms. The first-order valence-corrected chi connectivity index (χ1v) is 13.9. The van der Waals surface area contributed by atoms with E-state index in [1.165, 1.54) is 11.3 Å². The summed E-state index contributed by atoms with van der Waals surface area (Å²) in [6.07, 6.45) is 5.28. The van der Waals surface area contributed by atoms with Crippen molar-refractivity contribution in [2.75, 3.05) is 30.3 Å². The van der Waals surface area contributed by atoms with Crippen molar-refractivity contribution in [2.24, 2.45) is 5.92 Å². The van der Waals surface area contributed by atoms with E-state index in [0.717, 1.165) is 60.4 Å². The van der Waals surface area contributed by atoms with Crippen LogP contribution in [0.5, 0.6) is 0 Å². The van der Waals surface area contributed by atoms with Crippen LogP contribution in [-0.4, -0.2) is 51.5 Å². The summed E-state index contributed by atoms with van der Waals surface area (Å²) in [4.78, 5) is 52.6. The first-order valence-electron chi connectivity index (χ1n) is 12.3. The normalized spacial score (nSPS) is 17.3. The topological polar surface area (TPSA) is 143 Å². The highest BCUT2D eigenvalue weighted by atomic mass is 32.2. The summed E-state index contributed by atoms with van der Waals surface area (Å²) in [6, 6.07) is 9.28. The number of pyridine rings is 1. The number of hydrogen-bond acceptors (Lipinski definition) is 11. The fourth-order valence-electron chi connectivity index (χ4n) is 4.41. The Hall–Kier alpha value is -3.61. The van der Waals surface area contributed by atoms with E-state index in [4.69, 9.17) is 5.73 Å². The molecule has 2 saturated heterocycles. The van der Waals surface area contributed by atoms with E-state index in [9.17, 15) is 14.4 Å². The number of Topliss-reactive ketones (excluding diaryl/α,β-unsaturated/α-hetero) is 1. The number of ketones is 1. The number of amides is 2. The van der Waals surface area contributed by atoms with Gasteiger partial charge in [0.05, 0.1) is 26.0 Å². The Morgan fingerprint density at radius 1 is 1.18 bits per heavy atom. The molecular weight excluding hydrogens is 522 g/mol. The molecule has 2 fully saturated rings. The largest absolute Gasteiger partial charge is 0.384 e. The molecule has 3 aromatic rings. The molecule has 196 valence electrons. The van der Waals surface area contributed by atoms with Crippen molar-refractivity contribution in [3.63, 3.8) is 0 Å². The van der Waals surface area contributed by atoms with Crippen molar-refractivity contribution < 1.29 is 14.4 Å². The van der Waals surface area contributed by atoms with Gasteiger partial charge in [0.25, 0.3) is 11.1 Å². The Kier molecular flexibility index (Phi) is 7.82. The zero-order valence-corrected chi connectivity index (χ0v) is 22.4. The molecule has 0 spiro atoms. The van der Waals surface area contributed by atoms with E-state index in [2.05, 4.69) is 30.5 Å². The van der Waals surface area contributed by atoms with Gasteiger partial charge in [-0.2, -0.15) is 0 Å². The van der Waals surface area contributed by atoms with Crippen molar-refractivity contribution >= 4 is 57.9 Å². The van der Waals surface area contributed by atoms with E-state index >= 15 is 0 Å². The van der Waals surface area contributed by atoms with Crippen molar-refractivity contribution in [1.82, 2.24) is 25.6 Å². The molecule has 4 N–H and O–H groups in total. The van der Waals surface area contributed by atoms with E-state index in [0.29, 0.717) is 39.7 Å². The van der Waals surface area contributed by atoms with Crippen LogP contribution in [0, 0.1) is 5.92 Å². The predicted octanol–water partition coefficient (Wildman–Crippen LogP) is 3.72. The molecule has 3 aromatic heterocycles. The summed E-state index contributed by atoms with van der Waals surface area (Å²) < 4.78 is 0. The van der Waals surface area contributed by atoms with Gasteiger partial charge in [-0.15, -0.1) is 11.3 Å². The van der Waals surface area contributed by atoms with Crippen LogP contribution >= 0.6 is 23.1 Å². The van der Waals surface area contributed by atoms with E-state index in [1.807, 2.05) is 18.2 Å². The van der Waals surface area contributed by atoms with Gasteiger partial charge in [0.15, 0.2) is 5.78 Å². The van der Waals surface area contributed by atoms with Gasteiger partial charge < -0.3 is 16.0 Å². The molecule has 10 nitrogen and oxygen atoms in total. The molecule has 0 radical (unpaired) electrons. The zero-order valence-electron chi connectivity index (χ0n) is 20.8. The number of carbonyl (C=O) groups is 3. The summed E-state index contributed by atoms with van der Waals surface area (Å²) >= 11 is 2.31. The molecule has 2 aliphatic rings. The molecule has 5 rings (SSSR count). The number of carbonyl (C=O) groups excluding carboxylic acids is 3. The third-order valence-electron chi connectivity index (χ3n) is 6.42. The lowest BCUT2D eigenvalue weighted by Crippen LogP contribution is -2.38. The highest BCUT2D eigenvalue weighted by molar-refractivity contribution is 8.18. The summed E-state index contributed by atoms with van der Waals surface area (Å²) in [6.45, 7) is 4.75. The summed E-state index contributed by atoms with van der Waals surface area (Å²) in [5.74, 6) is 1.24. The molecule has 0 bridgehead atoms. The number of thioether (sulfide) groups is 1. The molecule has 0 saturated carbocycles. The van der Waals surface area contributed by atoms with Crippen LogP contribution in [0.1, 0.15) is 40.7 Å². The van der Waals surface area contributed by atoms with Crippen molar-refractivity contribution in [3.8, 4) is 10.6 Å². The summed E-state index contributed by atoms with van der Waals surface area (Å²) in [5.41, 5.74) is 8.41. The number of anilines is 2. The van der Waals surface area contributed by atoms with Crippen LogP contribution in [0.25, 0.3) is 16.6 Å². The Morgan fingerprint density at radius 2 is 2.00 bits per heavy atom. The molecule has 12 heteroatoms. The Morgan fingerprint density at radius 3 is 2.71 bits per heavy atom.